The van der Waals surface area contributed by atoms with Crippen LogP contribution in [0.25, 0.3) is 0 Å². The first-order chi connectivity index (χ1) is 8.97. The van der Waals surface area contributed by atoms with Crippen LogP contribution in [0.2, 0.25) is 0 Å². The molecule has 1 aliphatic rings. The van der Waals surface area contributed by atoms with E-state index in [-0.39, 0.29) is 16.9 Å². The van der Waals surface area contributed by atoms with Crippen LogP contribution in [0.5, 0.6) is 0 Å². The number of halogens is 1. The molecule has 4 nitrogen and oxygen atoms in total. The summed E-state index contributed by atoms with van der Waals surface area (Å²) in [7, 11) is -3.49. The summed E-state index contributed by atoms with van der Waals surface area (Å²) >= 11 is 3.28. The highest BCUT2D eigenvalue weighted by Gasteiger charge is 2.34. The molecule has 0 aliphatic heterocycles. The highest BCUT2D eigenvalue weighted by Crippen LogP contribution is 2.37. The normalized spacial score (nSPS) is 18.6. The number of sulfonamides is 1. The van der Waals surface area contributed by atoms with Crippen molar-refractivity contribution in [1.29, 1.82) is 0 Å². The Hall–Kier alpha value is -0.430. The monoisotopic (exact) mass is 347 g/mol. The van der Waals surface area contributed by atoms with E-state index in [1.807, 2.05) is 0 Å². The van der Waals surface area contributed by atoms with E-state index >= 15 is 0 Å². The molecule has 2 N–H and O–H groups in total. The zero-order chi connectivity index (χ0) is 13.9. The van der Waals surface area contributed by atoms with Gasteiger partial charge in [-0.2, -0.15) is 0 Å². The highest BCUT2D eigenvalue weighted by molar-refractivity contribution is 9.10. The van der Waals surface area contributed by atoms with Crippen molar-refractivity contribution < 1.29 is 13.5 Å². The number of nitrogens with one attached hydrogen (secondary N) is 1. The minimum Gasteiger partial charge on any atom is -0.396 e. The van der Waals surface area contributed by atoms with Gasteiger partial charge in [0.05, 0.1) is 4.90 Å². The minimum atomic E-state index is -3.49. The standard InChI is InChI=1S/C13H18BrNO3S/c14-11-3-5-12(6-4-11)19(17,18)15-9-13(10-16)7-1-2-8-13/h3-6,15-16H,1-2,7-10H2. The molecule has 0 amide bonds. The third-order valence-corrected chi connectivity index (χ3v) is 5.71. The molecule has 0 aromatic heterocycles. The van der Waals surface area contributed by atoms with Crippen molar-refractivity contribution in [2.45, 2.75) is 30.6 Å². The van der Waals surface area contributed by atoms with Crippen LogP contribution in [0, 0.1) is 5.41 Å². The van der Waals surface area contributed by atoms with E-state index < -0.39 is 10.0 Å². The summed E-state index contributed by atoms with van der Waals surface area (Å²) in [5.74, 6) is 0. The number of benzene rings is 1. The summed E-state index contributed by atoms with van der Waals surface area (Å²) in [5, 5.41) is 9.48. The minimum absolute atomic E-state index is 0.0376. The lowest BCUT2D eigenvalue weighted by molar-refractivity contribution is 0.134. The van der Waals surface area contributed by atoms with E-state index in [1.165, 1.54) is 0 Å². The zero-order valence-corrected chi connectivity index (χ0v) is 13.0. The van der Waals surface area contributed by atoms with E-state index in [4.69, 9.17) is 0 Å². The highest BCUT2D eigenvalue weighted by atomic mass is 79.9. The van der Waals surface area contributed by atoms with Gasteiger partial charge in [0.2, 0.25) is 10.0 Å². The topological polar surface area (TPSA) is 66.4 Å². The number of hydrogen-bond acceptors (Lipinski definition) is 3. The van der Waals surface area contributed by atoms with Crippen LogP contribution < -0.4 is 4.72 Å². The zero-order valence-electron chi connectivity index (χ0n) is 10.6. The molecule has 1 aliphatic carbocycles. The molecule has 1 fully saturated rings. The maximum absolute atomic E-state index is 12.2. The van der Waals surface area contributed by atoms with Crippen molar-refractivity contribution in [3.63, 3.8) is 0 Å². The Balaban J connectivity index is 2.07. The smallest absolute Gasteiger partial charge is 0.240 e. The fourth-order valence-electron chi connectivity index (χ4n) is 2.46. The first-order valence-electron chi connectivity index (χ1n) is 6.34. The maximum atomic E-state index is 12.2. The molecule has 2 rings (SSSR count). The van der Waals surface area contributed by atoms with Crippen molar-refractivity contribution >= 4 is 26.0 Å². The number of hydrogen-bond donors (Lipinski definition) is 2. The fraction of sp³-hybridized carbons (Fsp3) is 0.538. The molecule has 0 bridgehead atoms. The average molecular weight is 348 g/mol. The van der Waals surface area contributed by atoms with Gasteiger partial charge in [-0.25, -0.2) is 13.1 Å². The molecule has 1 saturated carbocycles. The van der Waals surface area contributed by atoms with E-state index in [9.17, 15) is 13.5 Å². The van der Waals surface area contributed by atoms with Gasteiger partial charge in [0, 0.05) is 23.0 Å². The van der Waals surface area contributed by atoms with Crippen molar-refractivity contribution in [1.82, 2.24) is 4.72 Å². The molecule has 0 atom stereocenters. The molecule has 0 radical (unpaired) electrons. The molecule has 0 unspecified atom stereocenters. The third kappa shape index (κ3) is 3.56. The van der Waals surface area contributed by atoms with Gasteiger partial charge in [-0.15, -0.1) is 0 Å². The molecule has 6 heteroatoms. The lowest BCUT2D eigenvalue weighted by Crippen LogP contribution is -2.38. The van der Waals surface area contributed by atoms with Gasteiger partial charge in [0.15, 0.2) is 0 Å². The van der Waals surface area contributed by atoms with Gasteiger partial charge in [0.25, 0.3) is 0 Å². The lowest BCUT2D eigenvalue weighted by atomic mass is 9.88. The summed E-state index contributed by atoms with van der Waals surface area (Å²) in [6.45, 7) is 0.345. The van der Waals surface area contributed by atoms with Gasteiger partial charge in [-0.1, -0.05) is 28.8 Å². The molecular formula is C13H18BrNO3S. The predicted molar refractivity (Wildman–Crippen MR) is 77.3 cm³/mol. The Labute approximate surface area is 122 Å². The SMILES string of the molecule is O=S(=O)(NCC1(CO)CCCC1)c1ccc(Br)cc1. The number of rotatable bonds is 5. The number of aliphatic hydroxyl groups is 1. The van der Waals surface area contributed by atoms with Crippen LogP contribution in [-0.4, -0.2) is 26.7 Å². The second-order valence-corrected chi connectivity index (χ2v) is 7.83. The van der Waals surface area contributed by atoms with E-state index in [2.05, 4.69) is 20.7 Å². The second kappa shape index (κ2) is 5.91. The van der Waals surface area contributed by atoms with Gasteiger partial charge in [0.1, 0.15) is 0 Å². The molecule has 19 heavy (non-hydrogen) atoms. The first kappa shape index (κ1) is 15.0. The predicted octanol–water partition coefficient (Wildman–Crippen LogP) is 2.28. The molecule has 0 spiro atoms. The number of aliphatic hydroxyl groups excluding tert-OH is 1. The Kier molecular flexibility index (Phi) is 4.66. The molecule has 1 aromatic carbocycles. The summed E-state index contributed by atoms with van der Waals surface area (Å²) in [6.07, 6.45) is 3.87. The largest absolute Gasteiger partial charge is 0.396 e. The molecule has 0 heterocycles. The van der Waals surface area contributed by atoms with Crippen LogP contribution in [-0.2, 0) is 10.0 Å². The Morgan fingerprint density at radius 1 is 1.21 bits per heavy atom. The summed E-state index contributed by atoms with van der Waals surface area (Å²) in [5.41, 5.74) is -0.275. The van der Waals surface area contributed by atoms with E-state index in [0.29, 0.717) is 6.54 Å². The molecule has 0 saturated heterocycles. The third-order valence-electron chi connectivity index (χ3n) is 3.76. The van der Waals surface area contributed by atoms with Crippen LogP contribution in [0.4, 0.5) is 0 Å². The Bertz CT molecular complexity index is 521. The summed E-state index contributed by atoms with van der Waals surface area (Å²) in [4.78, 5) is 0.252. The van der Waals surface area contributed by atoms with Crippen molar-refractivity contribution in [2.75, 3.05) is 13.2 Å². The van der Waals surface area contributed by atoms with Crippen LogP contribution in [0.1, 0.15) is 25.7 Å². The molecule has 106 valence electrons. The van der Waals surface area contributed by atoms with Gasteiger partial charge in [-0.3, -0.25) is 0 Å². The molecule has 1 aromatic rings. The fourth-order valence-corrected chi connectivity index (χ4v) is 3.88. The summed E-state index contributed by atoms with van der Waals surface area (Å²) in [6, 6.07) is 6.53. The maximum Gasteiger partial charge on any atom is 0.240 e. The van der Waals surface area contributed by atoms with Crippen molar-refractivity contribution in [3.8, 4) is 0 Å². The lowest BCUT2D eigenvalue weighted by Gasteiger charge is -2.26. The van der Waals surface area contributed by atoms with Crippen molar-refractivity contribution in [3.05, 3.63) is 28.7 Å². The van der Waals surface area contributed by atoms with E-state index in [0.717, 1.165) is 30.2 Å². The average Bonchev–Trinajstić information content (AvgIpc) is 2.87. The van der Waals surface area contributed by atoms with Gasteiger partial charge < -0.3 is 5.11 Å². The summed E-state index contributed by atoms with van der Waals surface area (Å²) < 4.78 is 27.8. The van der Waals surface area contributed by atoms with Gasteiger partial charge >= 0.3 is 0 Å². The quantitative estimate of drug-likeness (QED) is 0.858. The van der Waals surface area contributed by atoms with Crippen molar-refractivity contribution in [2.24, 2.45) is 5.41 Å². The van der Waals surface area contributed by atoms with E-state index in [1.54, 1.807) is 24.3 Å². The second-order valence-electron chi connectivity index (χ2n) is 5.14. The molecular weight excluding hydrogens is 330 g/mol. The Morgan fingerprint density at radius 3 is 2.32 bits per heavy atom. The van der Waals surface area contributed by atoms with Crippen LogP contribution in [0.15, 0.2) is 33.6 Å². The Morgan fingerprint density at radius 2 is 1.79 bits per heavy atom. The van der Waals surface area contributed by atoms with Crippen LogP contribution in [0.3, 0.4) is 0 Å². The van der Waals surface area contributed by atoms with Crippen LogP contribution >= 0.6 is 15.9 Å². The first-order valence-corrected chi connectivity index (χ1v) is 8.61. The van der Waals surface area contributed by atoms with Gasteiger partial charge in [-0.05, 0) is 37.1 Å².